The van der Waals surface area contributed by atoms with Gasteiger partial charge in [0.15, 0.2) is 0 Å². The van der Waals surface area contributed by atoms with Crippen molar-refractivity contribution < 1.29 is 23.9 Å². The van der Waals surface area contributed by atoms with Crippen molar-refractivity contribution in [1.29, 1.82) is 0 Å². The number of hydrogen-bond acceptors (Lipinski definition) is 7. The largest absolute Gasteiger partial charge is 0.379 e. The highest BCUT2D eigenvalue weighted by Crippen LogP contribution is 2.29. The zero-order chi connectivity index (χ0) is 24.4. The Morgan fingerprint density at radius 3 is 1.91 bits per heavy atom. The fourth-order valence-corrected chi connectivity index (χ4v) is 4.80. The van der Waals surface area contributed by atoms with E-state index in [0.717, 1.165) is 25.2 Å². The molecule has 188 valence electrons. The van der Waals surface area contributed by atoms with Crippen LogP contribution < -0.4 is 0 Å². The zero-order valence-electron chi connectivity index (χ0n) is 20.9. The smallest absolute Gasteiger partial charge is 0.224 e. The normalized spacial score (nSPS) is 12.1. The molecule has 0 saturated carbocycles. The van der Waals surface area contributed by atoms with Gasteiger partial charge in [-0.2, -0.15) is 0 Å². The van der Waals surface area contributed by atoms with Crippen LogP contribution in [0.5, 0.6) is 0 Å². The minimum Gasteiger partial charge on any atom is -0.379 e. The van der Waals surface area contributed by atoms with Crippen LogP contribution in [0.1, 0.15) is 59.8 Å². The van der Waals surface area contributed by atoms with Gasteiger partial charge in [-0.3, -0.25) is 9.59 Å². The number of rotatable bonds is 20. The highest BCUT2D eigenvalue weighted by atomic mass is 33.1. The van der Waals surface area contributed by atoms with E-state index in [9.17, 15) is 14.4 Å². The van der Waals surface area contributed by atoms with Crippen molar-refractivity contribution in [2.75, 3.05) is 59.4 Å². The summed E-state index contributed by atoms with van der Waals surface area (Å²) in [4.78, 5) is 38.8. The van der Waals surface area contributed by atoms with Crippen LogP contribution in [0.2, 0.25) is 0 Å². The fourth-order valence-electron chi connectivity index (χ4n) is 2.48. The number of likely N-dealkylation sites (N-methyl/N-ethyl adjacent to an activating group) is 2. The first-order valence-corrected chi connectivity index (χ1v) is 13.9. The third kappa shape index (κ3) is 18.8. The first-order chi connectivity index (χ1) is 15.1. The van der Waals surface area contributed by atoms with Crippen molar-refractivity contribution in [2.24, 2.45) is 5.92 Å². The molecule has 0 fully saturated rings. The number of hydrogen-bond donors (Lipinski definition) is 0. The number of ether oxygens (including phenoxy) is 2. The lowest BCUT2D eigenvalue weighted by Gasteiger charge is -2.22. The molecule has 2 amide bonds. The number of amides is 2. The van der Waals surface area contributed by atoms with Crippen LogP contribution in [0.15, 0.2) is 0 Å². The lowest BCUT2D eigenvalue weighted by Crippen LogP contribution is -2.37. The summed E-state index contributed by atoms with van der Waals surface area (Å²) in [5.41, 5.74) is 0. The molecule has 1 atom stereocenters. The van der Waals surface area contributed by atoms with Gasteiger partial charge in [0.05, 0.1) is 26.2 Å². The predicted octanol–water partition coefficient (Wildman–Crippen LogP) is 3.90. The van der Waals surface area contributed by atoms with E-state index < -0.39 is 0 Å². The second kappa shape index (κ2) is 19.7. The third-order valence-electron chi connectivity index (χ3n) is 4.83. The van der Waals surface area contributed by atoms with E-state index in [4.69, 9.17) is 9.47 Å². The van der Waals surface area contributed by atoms with Gasteiger partial charge in [-0.25, -0.2) is 0 Å². The lowest BCUT2D eigenvalue weighted by atomic mass is 10.1. The molecule has 0 aliphatic rings. The average Bonchev–Trinajstić information content (AvgIpc) is 2.74. The van der Waals surface area contributed by atoms with Crippen LogP contribution in [0, 0.1) is 5.92 Å². The number of carbonyl (C=O) groups is 3. The highest BCUT2D eigenvalue weighted by Gasteiger charge is 2.13. The summed E-state index contributed by atoms with van der Waals surface area (Å²) >= 11 is 0. The van der Waals surface area contributed by atoms with E-state index in [1.807, 2.05) is 0 Å². The van der Waals surface area contributed by atoms with Crippen LogP contribution in [-0.2, 0) is 23.9 Å². The van der Waals surface area contributed by atoms with Gasteiger partial charge in [-0.05, 0) is 25.7 Å². The van der Waals surface area contributed by atoms with E-state index in [0.29, 0.717) is 63.3 Å². The van der Waals surface area contributed by atoms with Gasteiger partial charge in [0.25, 0.3) is 0 Å². The molecule has 1 unspecified atom stereocenters. The van der Waals surface area contributed by atoms with Crippen molar-refractivity contribution in [3.8, 4) is 0 Å². The molecule has 0 aliphatic heterocycles. The molecule has 9 heteroatoms. The topological polar surface area (TPSA) is 76.2 Å². The van der Waals surface area contributed by atoms with E-state index in [-0.39, 0.29) is 17.6 Å². The summed E-state index contributed by atoms with van der Waals surface area (Å²) in [6, 6.07) is 0. The van der Waals surface area contributed by atoms with Crippen molar-refractivity contribution in [2.45, 2.75) is 65.0 Å². The average molecular weight is 493 g/mol. The van der Waals surface area contributed by atoms with Crippen molar-refractivity contribution >= 4 is 39.2 Å². The van der Waals surface area contributed by atoms with Gasteiger partial charge in [0.2, 0.25) is 11.8 Å². The van der Waals surface area contributed by atoms with E-state index >= 15 is 0 Å². The molecule has 0 aliphatic carbocycles. The Hall–Kier alpha value is -0.770. The molecule has 0 bridgehead atoms. The van der Waals surface area contributed by atoms with Crippen LogP contribution >= 0.6 is 21.6 Å². The molecule has 0 rings (SSSR count). The van der Waals surface area contributed by atoms with Crippen LogP contribution in [0.3, 0.4) is 0 Å². The molecule has 0 radical (unpaired) electrons. The Morgan fingerprint density at radius 1 is 0.781 bits per heavy atom. The lowest BCUT2D eigenvalue weighted by molar-refractivity contribution is -0.134. The standard InChI is InChI=1S/C23H44N2O5S2/c1-19(2)9-14-29-16-17-30-15-10-22(27)24(5)12-13-25(6)23(28)11-18-31-32-21(4)8-7-20(3)26/h19,21H,7-18H2,1-6H3. The van der Waals surface area contributed by atoms with Crippen molar-refractivity contribution in [3.63, 3.8) is 0 Å². The Morgan fingerprint density at radius 2 is 1.34 bits per heavy atom. The van der Waals surface area contributed by atoms with E-state index in [1.165, 1.54) is 0 Å². The van der Waals surface area contributed by atoms with Crippen LogP contribution in [0.25, 0.3) is 0 Å². The molecule has 0 heterocycles. The SMILES string of the molecule is CC(=O)CCC(C)SSCCC(=O)N(C)CCN(C)C(=O)CCOCCOCCC(C)C. The summed E-state index contributed by atoms with van der Waals surface area (Å²) in [6.07, 6.45) is 3.33. The van der Waals surface area contributed by atoms with E-state index in [1.54, 1.807) is 52.4 Å². The van der Waals surface area contributed by atoms with Gasteiger partial charge in [-0.1, -0.05) is 42.4 Å². The maximum atomic E-state index is 12.3. The Bertz CT molecular complexity index is 535. The Labute approximate surface area is 203 Å². The molecule has 0 aromatic rings. The number of carbonyl (C=O) groups excluding carboxylic acids is 3. The molecular formula is C23H44N2O5S2. The summed E-state index contributed by atoms with van der Waals surface area (Å²) < 4.78 is 10.9. The minimum atomic E-state index is 0.0121. The molecule has 7 nitrogen and oxygen atoms in total. The van der Waals surface area contributed by atoms with Gasteiger partial charge >= 0.3 is 0 Å². The molecule has 0 aromatic carbocycles. The van der Waals surface area contributed by atoms with Crippen LogP contribution in [0.4, 0.5) is 0 Å². The first-order valence-electron chi connectivity index (χ1n) is 11.5. The second-order valence-corrected chi connectivity index (χ2v) is 11.4. The summed E-state index contributed by atoms with van der Waals surface area (Å²) in [6.45, 7) is 11.2. The number of nitrogens with zero attached hydrogens (tertiary/aromatic N) is 2. The van der Waals surface area contributed by atoms with Gasteiger partial charge < -0.3 is 24.1 Å². The zero-order valence-corrected chi connectivity index (χ0v) is 22.5. The van der Waals surface area contributed by atoms with Crippen molar-refractivity contribution in [3.05, 3.63) is 0 Å². The molecular weight excluding hydrogens is 448 g/mol. The van der Waals surface area contributed by atoms with Crippen LogP contribution in [-0.4, -0.2) is 92.0 Å². The highest BCUT2D eigenvalue weighted by molar-refractivity contribution is 8.76. The van der Waals surface area contributed by atoms with Gasteiger partial charge in [0.1, 0.15) is 5.78 Å². The predicted molar refractivity (Wildman–Crippen MR) is 135 cm³/mol. The molecule has 32 heavy (non-hydrogen) atoms. The maximum absolute atomic E-state index is 12.3. The van der Waals surface area contributed by atoms with Gasteiger partial charge in [-0.15, -0.1) is 0 Å². The Kier molecular flexibility index (Phi) is 19.2. The maximum Gasteiger partial charge on any atom is 0.224 e. The third-order valence-corrected chi connectivity index (χ3v) is 7.79. The summed E-state index contributed by atoms with van der Waals surface area (Å²) in [5, 5.41) is 0.401. The van der Waals surface area contributed by atoms with Crippen molar-refractivity contribution in [1.82, 2.24) is 9.80 Å². The molecule has 0 saturated heterocycles. The quantitative estimate of drug-likeness (QED) is 0.188. The molecule has 0 aromatic heterocycles. The first kappa shape index (κ1) is 31.2. The summed E-state index contributed by atoms with van der Waals surface area (Å²) in [5.74, 6) is 1.69. The second-order valence-electron chi connectivity index (χ2n) is 8.51. The molecule has 0 N–H and O–H groups in total. The minimum absolute atomic E-state index is 0.0121. The Balaban J connectivity index is 3.78. The number of Topliss-reactive ketones (excluding diaryl/α,β-unsaturated/α-hetero) is 1. The number of ketones is 1. The van der Waals surface area contributed by atoms with E-state index in [2.05, 4.69) is 20.8 Å². The molecule has 0 spiro atoms. The fraction of sp³-hybridized carbons (Fsp3) is 0.870. The summed E-state index contributed by atoms with van der Waals surface area (Å²) in [7, 11) is 6.94. The monoisotopic (exact) mass is 492 g/mol. The van der Waals surface area contributed by atoms with Gasteiger partial charge in [0, 0.05) is 57.6 Å².